The quantitative estimate of drug-likeness (QED) is 0.177. The van der Waals surface area contributed by atoms with E-state index < -0.39 is 4.92 Å². The standard InChI is InChI=1S/C23H24N6O5S/c1-4-11-28-20(13-21(30)24-17-7-5-6-8-19(17)34-3)26-27-23(28)35-14-22(31)25-18-12-16(29(32)33)10-9-15(18)2/h4-10,12H,1,11,13-14H2,2-3H3,(H,24,30)(H,25,31). The zero-order valence-corrected chi connectivity index (χ0v) is 20.0. The highest BCUT2D eigenvalue weighted by Crippen LogP contribution is 2.25. The van der Waals surface area contributed by atoms with Gasteiger partial charge in [-0.15, -0.1) is 16.8 Å². The zero-order valence-electron chi connectivity index (χ0n) is 19.2. The second kappa shape index (κ2) is 11.8. The summed E-state index contributed by atoms with van der Waals surface area (Å²) in [6.45, 7) is 5.82. The summed E-state index contributed by atoms with van der Waals surface area (Å²) in [4.78, 5) is 35.6. The van der Waals surface area contributed by atoms with Crippen molar-refractivity contribution in [3.8, 4) is 5.75 Å². The molecule has 1 heterocycles. The van der Waals surface area contributed by atoms with Crippen molar-refractivity contribution in [2.24, 2.45) is 0 Å². The topological polar surface area (TPSA) is 141 Å². The van der Waals surface area contributed by atoms with E-state index >= 15 is 0 Å². The Bertz CT molecular complexity index is 1260. The second-order valence-electron chi connectivity index (χ2n) is 7.32. The number of nitrogens with zero attached hydrogens (tertiary/aromatic N) is 4. The summed E-state index contributed by atoms with van der Waals surface area (Å²) in [6.07, 6.45) is 1.60. The molecule has 1 aromatic heterocycles. The number of carbonyl (C=O) groups excluding carboxylic acids is 2. The van der Waals surface area contributed by atoms with E-state index in [4.69, 9.17) is 4.74 Å². The first-order valence-electron chi connectivity index (χ1n) is 10.5. The van der Waals surface area contributed by atoms with Crippen molar-refractivity contribution in [1.29, 1.82) is 0 Å². The minimum Gasteiger partial charge on any atom is -0.495 e. The van der Waals surface area contributed by atoms with Crippen molar-refractivity contribution < 1.29 is 19.2 Å². The number of nitrogens with one attached hydrogen (secondary N) is 2. The molecule has 2 N–H and O–H groups in total. The Morgan fingerprint density at radius 1 is 1.17 bits per heavy atom. The van der Waals surface area contributed by atoms with Gasteiger partial charge in [-0.3, -0.25) is 19.7 Å². The van der Waals surface area contributed by atoms with E-state index in [0.717, 1.165) is 11.8 Å². The molecule has 2 aromatic carbocycles. The Labute approximate surface area is 205 Å². The normalized spacial score (nSPS) is 10.5. The third-order valence-electron chi connectivity index (χ3n) is 4.84. The number of thioether (sulfide) groups is 1. The van der Waals surface area contributed by atoms with Crippen LogP contribution in [0.3, 0.4) is 0 Å². The zero-order chi connectivity index (χ0) is 25.4. The van der Waals surface area contributed by atoms with Gasteiger partial charge in [-0.2, -0.15) is 0 Å². The number of carbonyl (C=O) groups is 2. The predicted molar refractivity (Wildman–Crippen MR) is 133 cm³/mol. The Morgan fingerprint density at radius 3 is 2.63 bits per heavy atom. The van der Waals surface area contributed by atoms with Crippen LogP contribution in [0.1, 0.15) is 11.4 Å². The third kappa shape index (κ3) is 6.67. The minimum atomic E-state index is -0.521. The molecule has 12 heteroatoms. The van der Waals surface area contributed by atoms with Gasteiger partial charge in [0, 0.05) is 18.7 Å². The Morgan fingerprint density at radius 2 is 1.91 bits per heavy atom. The number of hydrogen-bond acceptors (Lipinski definition) is 8. The van der Waals surface area contributed by atoms with Crippen LogP contribution in [0.2, 0.25) is 0 Å². The van der Waals surface area contributed by atoms with Crippen LogP contribution in [-0.4, -0.2) is 44.4 Å². The lowest BCUT2D eigenvalue weighted by Gasteiger charge is -2.11. The van der Waals surface area contributed by atoms with Crippen molar-refractivity contribution in [3.63, 3.8) is 0 Å². The fourth-order valence-corrected chi connectivity index (χ4v) is 3.90. The fourth-order valence-electron chi connectivity index (χ4n) is 3.13. The molecule has 0 saturated carbocycles. The third-order valence-corrected chi connectivity index (χ3v) is 5.81. The van der Waals surface area contributed by atoms with E-state index in [-0.39, 0.29) is 29.7 Å². The number of amides is 2. The lowest BCUT2D eigenvalue weighted by atomic mass is 10.2. The summed E-state index contributed by atoms with van der Waals surface area (Å²) in [5.74, 6) is 0.277. The van der Waals surface area contributed by atoms with Crippen LogP contribution in [0.5, 0.6) is 5.75 Å². The number of anilines is 2. The summed E-state index contributed by atoms with van der Waals surface area (Å²) in [5.41, 5.74) is 1.50. The first kappa shape index (κ1) is 25.4. The molecule has 0 aliphatic rings. The van der Waals surface area contributed by atoms with Gasteiger partial charge in [-0.25, -0.2) is 0 Å². The molecular weight excluding hydrogens is 472 g/mol. The lowest BCUT2D eigenvalue weighted by molar-refractivity contribution is -0.384. The molecule has 11 nitrogen and oxygen atoms in total. The first-order valence-corrected chi connectivity index (χ1v) is 11.4. The molecule has 0 saturated heterocycles. The molecule has 0 aliphatic carbocycles. The van der Waals surface area contributed by atoms with E-state index in [1.54, 1.807) is 47.9 Å². The molecule has 0 aliphatic heterocycles. The number of aryl methyl sites for hydroxylation is 1. The van der Waals surface area contributed by atoms with Crippen molar-refractivity contribution in [2.75, 3.05) is 23.5 Å². The van der Waals surface area contributed by atoms with E-state index in [0.29, 0.717) is 40.2 Å². The van der Waals surface area contributed by atoms with Crippen LogP contribution < -0.4 is 15.4 Å². The largest absolute Gasteiger partial charge is 0.495 e. The van der Waals surface area contributed by atoms with Crippen LogP contribution in [0.4, 0.5) is 17.1 Å². The molecule has 3 aromatic rings. The molecular formula is C23H24N6O5S. The van der Waals surface area contributed by atoms with Gasteiger partial charge in [0.05, 0.1) is 35.6 Å². The van der Waals surface area contributed by atoms with E-state index in [1.807, 2.05) is 0 Å². The maximum atomic E-state index is 12.6. The van der Waals surface area contributed by atoms with Crippen LogP contribution in [-0.2, 0) is 22.6 Å². The van der Waals surface area contributed by atoms with Crippen molar-refractivity contribution in [1.82, 2.24) is 14.8 Å². The monoisotopic (exact) mass is 496 g/mol. The first-order chi connectivity index (χ1) is 16.8. The van der Waals surface area contributed by atoms with Gasteiger partial charge in [0.15, 0.2) is 5.16 Å². The van der Waals surface area contributed by atoms with Gasteiger partial charge in [0.2, 0.25) is 11.8 Å². The van der Waals surface area contributed by atoms with Crippen LogP contribution in [0.25, 0.3) is 0 Å². The molecule has 0 radical (unpaired) electrons. The fraction of sp³-hybridized carbons (Fsp3) is 0.217. The van der Waals surface area contributed by atoms with Gasteiger partial charge >= 0.3 is 0 Å². The van der Waals surface area contributed by atoms with E-state index in [9.17, 15) is 19.7 Å². The molecule has 0 bridgehead atoms. The summed E-state index contributed by atoms with van der Waals surface area (Å²) >= 11 is 1.13. The van der Waals surface area contributed by atoms with Crippen molar-refractivity contribution in [3.05, 3.63) is 76.6 Å². The van der Waals surface area contributed by atoms with E-state index in [2.05, 4.69) is 27.4 Å². The number of hydrogen-bond donors (Lipinski definition) is 2. The van der Waals surface area contributed by atoms with Gasteiger partial charge in [0.25, 0.3) is 5.69 Å². The molecule has 0 fully saturated rings. The van der Waals surface area contributed by atoms with Crippen molar-refractivity contribution >= 4 is 40.6 Å². The van der Waals surface area contributed by atoms with Gasteiger partial charge < -0.3 is 19.9 Å². The van der Waals surface area contributed by atoms with Gasteiger partial charge in [-0.1, -0.05) is 36.0 Å². The number of non-ortho nitro benzene ring substituents is 1. The SMILES string of the molecule is C=CCn1c(CC(=O)Nc2ccccc2OC)nnc1SCC(=O)Nc1cc([N+](=O)[O-])ccc1C. The number of methoxy groups -OCH3 is 1. The summed E-state index contributed by atoms with van der Waals surface area (Å²) < 4.78 is 6.95. The number of benzene rings is 2. The number of rotatable bonds is 11. The highest BCUT2D eigenvalue weighted by molar-refractivity contribution is 7.99. The Kier molecular flexibility index (Phi) is 8.57. The summed E-state index contributed by atoms with van der Waals surface area (Å²) in [6, 6.07) is 11.3. The average Bonchev–Trinajstić information content (AvgIpc) is 3.20. The molecule has 0 unspecified atom stereocenters. The smallest absolute Gasteiger partial charge is 0.271 e. The lowest BCUT2D eigenvalue weighted by Crippen LogP contribution is -2.18. The maximum absolute atomic E-state index is 12.6. The summed E-state index contributed by atoms with van der Waals surface area (Å²) in [7, 11) is 1.52. The van der Waals surface area contributed by atoms with Gasteiger partial charge in [0.1, 0.15) is 11.6 Å². The average molecular weight is 497 g/mol. The highest BCUT2D eigenvalue weighted by atomic mass is 32.2. The van der Waals surface area contributed by atoms with Crippen LogP contribution >= 0.6 is 11.8 Å². The minimum absolute atomic E-state index is 0.00911. The summed E-state index contributed by atoms with van der Waals surface area (Å²) in [5, 5.41) is 25.2. The van der Waals surface area contributed by atoms with E-state index in [1.165, 1.54) is 19.2 Å². The molecule has 2 amide bonds. The second-order valence-corrected chi connectivity index (χ2v) is 8.26. The Hall–Kier alpha value is -4.19. The molecule has 0 spiro atoms. The van der Waals surface area contributed by atoms with Crippen LogP contribution in [0, 0.1) is 17.0 Å². The van der Waals surface area contributed by atoms with Crippen LogP contribution in [0.15, 0.2) is 60.3 Å². The number of nitro groups is 1. The predicted octanol–water partition coefficient (Wildman–Crippen LogP) is 3.60. The number of ether oxygens (including phenoxy) is 1. The Balaban J connectivity index is 1.65. The maximum Gasteiger partial charge on any atom is 0.271 e. The molecule has 35 heavy (non-hydrogen) atoms. The van der Waals surface area contributed by atoms with Crippen molar-refractivity contribution in [2.45, 2.75) is 25.0 Å². The molecule has 0 atom stereocenters. The molecule has 3 rings (SSSR count). The number of nitro benzene ring substituents is 1. The van der Waals surface area contributed by atoms with Gasteiger partial charge in [-0.05, 0) is 24.6 Å². The number of allylic oxidation sites excluding steroid dienone is 1. The molecule has 182 valence electrons. The highest BCUT2D eigenvalue weighted by Gasteiger charge is 2.18. The number of aromatic nitrogens is 3. The number of para-hydroxylation sites is 2.